The number of unbranched alkanes of at least 4 members (excludes halogenated alkanes) is 1. The van der Waals surface area contributed by atoms with Crippen molar-refractivity contribution in [3.8, 4) is 0 Å². The Kier molecular flexibility index (Phi) is 5.84. The molecule has 2 rings (SSSR count). The zero-order chi connectivity index (χ0) is 16.0. The van der Waals surface area contributed by atoms with Gasteiger partial charge in [0.15, 0.2) is 11.6 Å². The number of carbonyl (C=O) groups excluding carboxylic acids is 1. The predicted molar refractivity (Wildman–Crippen MR) is 78.7 cm³/mol. The van der Waals surface area contributed by atoms with E-state index in [1.54, 1.807) is 4.90 Å². The molecule has 8 nitrogen and oxygen atoms in total. The zero-order valence-corrected chi connectivity index (χ0v) is 13.3. The van der Waals surface area contributed by atoms with Gasteiger partial charge in [-0.25, -0.2) is 0 Å². The number of aromatic nitrogens is 4. The van der Waals surface area contributed by atoms with Crippen LogP contribution in [0.15, 0.2) is 0 Å². The molecule has 1 amide bonds. The monoisotopic (exact) mass is 311 g/mol. The molecule has 0 aliphatic carbocycles. The minimum Gasteiger partial charge on any atom is -0.365 e. The highest BCUT2D eigenvalue weighted by atomic mass is 16.6. The molecule has 0 bridgehead atoms. The Morgan fingerprint density at radius 2 is 2.41 bits per heavy atom. The molecule has 1 aliphatic heterocycles. The molecule has 1 aromatic rings. The number of amides is 1. The number of aliphatic hydroxyl groups is 1. The zero-order valence-electron chi connectivity index (χ0n) is 13.3. The van der Waals surface area contributed by atoms with Gasteiger partial charge in [0, 0.05) is 32.5 Å². The molecular weight excluding hydrogens is 286 g/mol. The molecule has 2 atom stereocenters. The summed E-state index contributed by atoms with van der Waals surface area (Å²) < 4.78 is 5.39. The number of methoxy groups -OCH3 is 1. The van der Waals surface area contributed by atoms with Crippen molar-refractivity contribution in [2.24, 2.45) is 5.92 Å². The summed E-state index contributed by atoms with van der Waals surface area (Å²) in [5.41, 5.74) is 0. The summed E-state index contributed by atoms with van der Waals surface area (Å²) in [5.74, 6) is -0.867. The number of ether oxygens (including phenoxy) is 1. The summed E-state index contributed by atoms with van der Waals surface area (Å²) in [6.07, 6.45) is 4.35. The van der Waals surface area contributed by atoms with Crippen LogP contribution in [0.5, 0.6) is 0 Å². The highest BCUT2D eigenvalue weighted by Gasteiger charge is 2.39. The highest BCUT2D eigenvalue weighted by molar-refractivity contribution is 5.78. The topological polar surface area (TPSA) is 104 Å². The van der Waals surface area contributed by atoms with E-state index in [0.717, 1.165) is 25.7 Å². The Morgan fingerprint density at radius 1 is 1.59 bits per heavy atom. The molecule has 1 unspecified atom stereocenters. The number of likely N-dealkylation sites (tertiary alicyclic amines) is 1. The number of H-pyrrole nitrogens is 1. The predicted octanol–water partition coefficient (Wildman–Crippen LogP) is 0.506. The van der Waals surface area contributed by atoms with Crippen LogP contribution in [0.4, 0.5) is 0 Å². The fourth-order valence-corrected chi connectivity index (χ4v) is 2.98. The number of rotatable bonds is 7. The maximum absolute atomic E-state index is 12.3. The molecule has 1 aromatic heterocycles. The van der Waals surface area contributed by atoms with Crippen molar-refractivity contribution in [3.05, 3.63) is 5.82 Å². The van der Waals surface area contributed by atoms with E-state index >= 15 is 0 Å². The third-order valence-corrected chi connectivity index (χ3v) is 4.35. The summed E-state index contributed by atoms with van der Waals surface area (Å²) in [6, 6.07) is 0. The largest absolute Gasteiger partial charge is 0.365 e. The standard InChI is InChI=1S/C14H25N5O3/c1-3-4-7-14(21,22-2)11-6-5-8-19(10-11)13(20)9-12-15-17-18-16-12/h11,21H,3-10H2,1-2H3,(H,15,16,17,18)/t11-,14?/m1/s1. The van der Waals surface area contributed by atoms with Gasteiger partial charge < -0.3 is 14.7 Å². The van der Waals surface area contributed by atoms with Crippen molar-refractivity contribution in [2.75, 3.05) is 20.2 Å². The second-order valence-electron chi connectivity index (χ2n) is 5.84. The molecule has 1 aliphatic rings. The average Bonchev–Trinajstić information content (AvgIpc) is 3.05. The lowest BCUT2D eigenvalue weighted by atomic mass is 9.86. The van der Waals surface area contributed by atoms with Crippen molar-refractivity contribution >= 4 is 5.91 Å². The number of tetrazole rings is 1. The first-order chi connectivity index (χ1) is 10.6. The molecule has 1 fully saturated rings. The Bertz CT molecular complexity index is 467. The molecule has 2 N–H and O–H groups in total. The molecule has 1 saturated heterocycles. The lowest BCUT2D eigenvalue weighted by molar-refractivity contribution is -0.234. The van der Waals surface area contributed by atoms with Crippen molar-refractivity contribution in [1.82, 2.24) is 25.5 Å². The number of nitrogens with zero attached hydrogens (tertiary/aromatic N) is 4. The third kappa shape index (κ3) is 4.01. The first kappa shape index (κ1) is 16.8. The SMILES string of the molecule is CCCCC(O)(OC)[C@@H]1CCCN(C(=O)Cc2nn[nH]n2)C1. The fourth-order valence-electron chi connectivity index (χ4n) is 2.98. The molecule has 2 heterocycles. The number of carbonyl (C=O) groups is 1. The van der Waals surface area contributed by atoms with E-state index in [2.05, 4.69) is 27.5 Å². The van der Waals surface area contributed by atoms with Gasteiger partial charge in [0.25, 0.3) is 0 Å². The first-order valence-electron chi connectivity index (χ1n) is 7.86. The Labute approximate surface area is 130 Å². The van der Waals surface area contributed by atoms with Gasteiger partial charge in [-0.3, -0.25) is 4.79 Å². The average molecular weight is 311 g/mol. The van der Waals surface area contributed by atoms with Crippen LogP contribution < -0.4 is 0 Å². The second-order valence-corrected chi connectivity index (χ2v) is 5.84. The Morgan fingerprint density at radius 3 is 3.05 bits per heavy atom. The second kappa shape index (κ2) is 7.64. The van der Waals surface area contributed by atoms with Gasteiger partial charge in [-0.2, -0.15) is 5.21 Å². The molecule has 124 valence electrons. The van der Waals surface area contributed by atoms with E-state index in [1.807, 2.05) is 0 Å². The van der Waals surface area contributed by atoms with Gasteiger partial charge in [-0.05, 0) is 19.3 Å². The summed E-state index contributed by atoms with van der Waals surface area (Å²) in [4.78, 5) is 14.1. The van der Waals surface area contributed by atoms with Crippen LogP contribution in [0.3, 0.4) is 0 Å². The lowest BCUT2D eigenvalue weighted by Crippen LogP contribution is -2.50. The van der Waals surface area contributed by atoms with Gasteiger partial charge in [0.1, 0.15) is 0 Å². The van der Waals surface area contributed by atoms with Crippen LogP contribution in [-0.2, 0) is 16.0 Å². The minimum absolute atomic E-state index is 0.0416. The quantitative estimate of drug-likeness (QED) is 0.711. The third-order valence-electron chi connectivity index (χ3n) is 4.35. The maximum Gasteiger partial charge on any atom is 0.230 e. The van der Waals surface area contributed by atoms with Gasteiger partial charge in [-0.15, -0.1) is 10.2 Å². The molecular formula is C14H25N5O3. The van der Waals surface area contributed by atoms with Crippen molar-refractivity contribution in [2.45, 2.75) is 51.2 Å². The number of aromatic amines is 1. The minimum atomic E-state index is -1.15. The normalized spacial score (nSPS) is 21.6. The van der Waals surface area contributed by atoms with E-state index in [-0.39, 0.29) is 18.2 Å². The van der Waals surface area contributed by atoms with E-state index in [0.29, 0.717) is 25.3 Å². The van der Waals surface area contributed by atoms with Gasteiger partial charge in [-0.1, -0.05) is 18.6 Å². The van der Waals surface area contributed by atoms with Crippen LogP contribution in [0, 0.1) is 5.92 Å². The Hall–Kier alpha value is -1.54. The number of piperidine rings is 1. The smallest absolute Gasteiger partial charge is 0.230 e. The van der Waals surface area contributed by atoms with E-state index < -0.39 is 5.79 Å². The van der Waals surface area contributed by atoms with Crippen LogP contribution >= 0.6 is 0 Å². The van der Waals surface area contributed by atoms with Crippen LogP contribution in [0.25, 0.3) is 0 Å². The maximum atomic E-state index is 12.3. The van der Waals surface area contributed by atoms with E-state index in [9.17, 15) is 9.90 Å². The van der Waals surface area contributed by atoms with Gasteiger partial charge in [0.2, 0.25) is 5.91 Å². The summed E-state index contributed by atoms with van der Waals surface area (Å²) in [5, 5.41) is 24.1. The van der Waals surface area contributed by atoms with Gasteiger partial charge >= 0.3 is 0 Å². The molecule has 0 saturated carbocycles. The Balaban J connectivity index is 1.96. The molecule has 0 spiro atoms. The molecule has 0 aromatic carbocycles. The van der Waals surface area contributed by atoms with Crippen LogP contribution in [0.1, 0.15) is 44.9 Å². The molecule has 8 heteroatoms. The van der Waals surface area contributed by atoms with E-state index in [4.69, 9.17) is 4.74 Å². The van der Waals surface area contributed by atoms with Crippen molar-refractivity contribution in [3.63, 3.8) is 0 Å². The summed E-state index contributed by atoms with van der Waals surface area (Å²) >= 11 is 0. The molecule has 22 heavy (non-hydrogen) atoms. The van der Waals surface area contributed by atoms with Crippen LogP contribution in [-0.4, -0.2) is 62.5 Å². The lowest BCUT2D eigenvalue weighted by Gasteiger charge is -2.41. The summed E-state index contributed by atoms with van der Waals surface area (Å²) in [6.45, 7) is 3.28. The highest BCUT2D eigenvalue weighted by Crippen LogP contribution is 2.32. The van der Waals surface area contributed by atoms with Gasteiger partial charge in [0.05, 0.1) is 6.42 Å². The van der Waals surface area contributed by atoms with Crippen molar-refractivity contribution < 1.29 is 14.6 Å². The number of nitrogens with one attached hydrogen (secondary N) is 1. The molecule has 0 radical (unpaired) electrons. The van der Waals surface area contributed by atoms with Crippen molar-refractivity contribution in [1.29, 1.82) is 0 Å². The summed E-state index contributed by atoms with van der Waals surface area (Å²) in [7, 11) is 1.54. The van der Waals surface area contributed by atoms with E-state index in [1.165, 1.54) is 7.11 Å². The first-order valence-corrected chi connectivity index (χ1v) is 7.86. The van der Waals surface area contributed by atoms with Crippen LogP contribution in [0.2, 0.25) is 0 Å². The number of hydrogen-bond acceptors (Lipinski definition) is 6. The number of hydrogen-bond donors (Lipinski definition) is 2. The fraction of sp³-hybridized carbons (Fsp3) is 0.857.